The monoisotopic (exact) mass is 415 g/mol. The van der Waals surface area contributed by atoms with Crippen molar-refractivity contribution in [2.24, 2.45) is 0 Å². The molecule has 0 saturated carbocycles. The van der Waals surface area contributed by atoms with Gasteiger partial charge in [-0.2, -0.15) is 0 Å². The number of amides is 1. The number of halogens is 2. The van der Waals surface area contributed by atoms with Crippen LogP contribution < -0.4 is 14.8 Å². The number of benzene rings is 3. The normalized spacial score (nSPS) is 11.5. The molecule has 0 unspecified atom stereocenters. The van der Waals surface area contributed by atoms with Crippen LogP contribution in [0, 0.1) is 0 Å². The summed E-state index contributed by atoms with van der Waals surface area (Å²) in [6.07, 6.45) is -0.745. The van der Waals surface area contributed by atoms with E-state index in [9.17, 15) is 4.79 Å². The van der Waals surface area contributed by atoms with Crippen molar-refractivity contribution in [2.45, 2.75) is 19.6 Å². The van der Waals surface area contributed by atoms with Gasteiger partial charge in [-0.25, -0.2) is 0 Å². The van der Waals surface area contributed by atoms with Crippen LogP contribution in [0.1, 0.15) is 12.5 Å². The number of carbonyl (C=O) groups is 1. The average molecular weight is 416 g/mol. The molecule has 0 aliphatic heterocycles. The molecule has 1 atom stereocenters. The Morgan fingerprint density at radius 1 is 1.00 bits per heavy atom. The van der Waals surface area contributed by atoms with Gasteiger partial charge in [-0.1, -0.05) is 53.5 Å². The fourth-order valence-electron chi connectivity index (χ4n) is 2.43. The van der Waals surface area contributed by atoms with Crippen molar-refractivity contribution in [2.75, 3.05) is 5.32 Å². The first-order chi connectivity index (χ1) is 13.5. The van der Waals surface area contributed by atoms with Gasteiger partial charge in [-0.05, 0) is 48.9 Å². The number of hydrogen-bond acceptors (Lipinski definition) is 3. The van der Waals surface area contributed by atoms with Crippen LogP contribution in [-0.4, -0.2) is 12.0 Å². The SMILES string of the molecule is C[C@H](Oc1cc(Cl)ccc1Cl)C(=O)Nc1ccc(OCc2ccccc2)cc1. The third-order valence-corrected chi connectivity index (χ3v) is 4.48. The fourth-order valence-corrected chi connectivity index (χ4v) is 2.75. The Balaban J connectivity index is 1.54. The minimum atomic E-state index is -0.745. The summed E-state index contributed by atoms with van der Waals surface area (Å²) in [5, 5.41) is 3.68. The van der Waals surface area contributed by atoms with Crippen LogP contribution in [0.15, 0.2) is 72.8 Å². The molecule has 3 rings (SSSR count). The molecule has 0 fully saturated rings. The molecular formula is C22H19Cl2NO3. The van der Waals surface area contributed by atoms with Crippen LogP contribution in [0.2, 0.25) is 10.0 Å². The second kappa shape index (κ2) is 9.49. The van der Waals surface area contributed by atoms with Gasteiger partial charge < -0.3 is 14.8 Å². The Bertz CT molecular complexity index is 930. The highest BCUT2D eigenvalue weighted by atomic mass is 35.5. The van der Waals surface area contributed by atoms with E-state index in [-0.39, 0.29) is 5.91 Å². The molecule has 1 N–H and O–H groups in total. The lowest BCUT2D eigenvalue weighted by Gasteiger charge is -2.16. The van der Waals surface area contributed by atoms with Crippen molar-refractivity contribution in [3.05, 3.63) is 88.4 Å². The van der Waals surface area contributed by atoms with E-state index < -0.39 is 6.10 Å². The summed E-state index contributed by atoms with van der Waals surface area (Å²) >= 11 is 12.0. The summed E-state index contributed by atoms with van der Waals surface area (Å²) in [4.78, 5) is 12.4. The summed E-state index contributed by atoms with van der Waals surface area (Å²) in [7, 11) is 0. The third-order valence-electron chi connectivity index (χ3n) is 3.94. The maximum atomic E-state index is 12.4. The van der Waals surface area contributed by atoms with Gasteiger partial charge in [-0.15, -0.1) is 0 Å². The van der Waals surface area contributed by atoms with Crippen LogP contribution in [0.3, 0.4) is 0 Å². The number of rotatable bonds is 7. The first kappa shape index (κ1) is 20.1. The molecular weight excluding hydrogens is 397 g/mol. The van der Waals surface area contributed by atoms with Crippen molar-refractivity contribution in [3.63, 3.8) is 0 Å². The van der Waals surface area contributed by atoms with Gasteiger partial charge in [0.05, 0.1) is 5.02 Å². The smallest absolute Gasteiger partial charge is 0.265 e. The zero-order chi connectivity index (χ0) is 19.9. The fraction of sp³-hybridized carbons (Fsp3) is 0.136. The van der Waals surface area contributed by atoms with E-state index in [4.69, 9.17) is 32.7 Å². The molecule has 0 spiro atoms. The predicted octanol–water partition coefficient (Wildman–Crippen LogP) is 5.98. The van der Waals surface area contributed by atoms with Crippen molar-refractivity contribution in [1.82, 2.24) is 0 Å². The third kappa shape index (κ3) is 5.65. The lowest BCUT2D eigenvalue weighted by molar-refractivity contribution is -0.122. The quantitative estimate of drug-likeness (QED) is 0.516. The Morgan fingerprint density at radius 3 is 2.43 bits per heavy atom. The molecule has 4 nitrogen and oxygen atoms in total. The molecule has 0 saturated heterocycles. The van der Waals surface area contributed by atoms with Gasteiger partial charge in [0.25, 0.3) is 5.91 Å². The molecule has 0 aliphatic carbocycles. The number of ether oxygens (including phenoxy) is 2. The van der Waals surface area contributed by atoms with Crippen molar-refractivity contribution >= 4 is 34.8 Å². The van der Waals surface area contributed by atoms with E-state index >= 15 is 0 Å². The van der Waals surface area contributed by atoms with Gasteiger partial charge in [0, 0.05) is 16.8 Å². The van der Waals surface area contributed by atoms with E-state index in [2.05, 4.69) is 5.32 Å². The molecule has 144 valence electrons. The number of anilines is 1. The summed E-state index contributed by atoms with van der Waals surface area (Å²) in [5.74, 6) is 0.785. The highest BCUT2D eigenvalue weighted by Crippen LogP contribution is 2.28. The highest BCUT2D eigenvalue weighted by molar-refractivity contribution is 6.34. The highest BCUT2D eigenvalue weighted by Gasteiger charge is 2.16. The average Bonchev–Trinajstić information content (AvgIpc) is 2.71. The van der Waals surface area contributed by atoms with E-state index in [1.165, 1.54) is 0 Å². The van der Waals surface area contributed by atoms with E-state index in [1.54, 1.807) is 49.4 Å². The summed E-state index contributed by atoms with van der Waals surface area (Å²) in [6.45, 7) is 2.13. The van der Waals surface area contributed by atoms with E-state index in [0.29, 0.717) is 28.1 Å². The second-order valence-corrected chi connectivity index (χ2v) is 6.97. The molecule has 0 bridgehead atoms. The molecule has 1 amide bonds. The minimum Gasteiger partial charge on any atom is -0.489 e. The van der Waals surface area contributed by atoms with Crippen molar-refractivity contribution in [3.8, 4) is 11.5 Å². The van der Waals surface area contributed by atoms with Crippen LogP contribution >= 0.6 is 23.2 Å². The molecule has 0 heterocycles. The topological polar surface area (TPSA) is 47.6 Å². The van der Waals surface area contributed by atoms with Crippen molar-refractivity contribution in [1.29, 1.82) is 0 Å². The zero-order valence-corrected chi connectivity index (χ0v) is 16.7. The largest absolute Gasteiger partial charge is 0.489 e. The molecule has 0 aromatic heterocycles. The van der Waals surface area contributed by atoms with Gasteiger partial charge in [-0.3, -0.25) is 4.79 Å². The lowest BCUT2D eigenvalue weighted by atomic mass is 10.2. The number of nitrogens with one attached hydrogen (secondary N) is 1. The van der Waals surface area contributed by atoms with Gasteiger partial charge in [0.1, 0.15) is 18.1 Å². The van der Waals surface area contributed by atoms with Gasteiger partial charge in [0.2, 0.25) is 0 Å². The molecule has 0 aliphatic rings. The van der Waals surface area contributed by atoms with Crippen LogP contribution in [0.25, 0.3) is 0 Å². The summed E-state index contributed by atoms with van der Waals surface area (Å²) < 4.78 is 11.4. The van der Waals surface area contributed by atoms with Crippen LogP contribution in [-0.2, 0) is 11.4 Å². The van der Waals surface area contributed by atoms with E-state index in [0.717, 1.165) is 11.3 Å². The van der Waals surface area contributed by atoms with Gasteiger partial charge >= 0.3 is 0 Å². The molecule has 28 heavy (non-hydrogen) atoms. The Labute approximate surface area is 174 Å². The van der Waals surface area contributed by atoms with Crippen LogP contribution in [0.5, 0.6) is 11.5 Å². The maximum Gasteiger partial charge on any atom is 0.265 e. The first-order valence-electron chi connectivity index (χ1n) is 8.70. The molecule has 6 heteroatoms. The first-order valence-corrected chi connectivity index (χ1v) is 9.46. The summed E-state index contributed by atoms with van der Waals surface area (Å²) in [5.41, 5.74) is 1.73. The van der Waals surface area contributed by atoms with Crippen LogP contribution in [0.4, 0.5) is 5.69 Å². The lowest BCUT2D eigenvalue weighted by Crippen LogP contribution is -2.30. The molecule has 0 radical (unpaired) electrons. The van der Waals surface area contributed by atoms with Gasteiger partial charge in [0.15, 0.2) is 6.10 Å². The number of carbonyl (C=O) groups excluding carboxylic acids is 1. The molecule has 3 aromatic rings. The van der Waals surface area contributed by atoms with Crippen molar-refractivity contribution < 1.29 is 14.3 Å². The molecule has 3 aromatic carbocycles. The Hall–Kier alpha value is -2.69. The predicted molar refractivity (Wildman–Crippen MR) is 112 cm³/mol. The van der Waals surface area contributed by atoms with E-state index in [1.807, 2.05) is 30.3 Å². The zero-order valence-electron chi connectivity index (χ0n) is 15.2. The maximum absolute atomic E-state index is 12.4. The second-order valence-electron chi connectivity index (χ2n) is 6.12. The Kier molecular flexibility index (Phi) is 6.80. The minimum absolute atomic E-state index is 0.297. The standard InChI is InChI=1S/C22H19Cl2NO3/c1-15(28-21-13-17(23)7-12-20(21)24)22(26)25-18-8-10-19(11-9-18)27-14-16-5-3-2-4-6-16/h2-13,15H,14H2,1H3,(H,25,26)/t15-/m0/s1. The number of hydrogen-bond donors (Lipinski definition) is 1. The summed E-state index contributed by atoms with van der Waals surface area (Å²) in [6, 6.07) is 21.9. The Morgan fingerprint density at radius 2 is 1.71 bits per heavy atom.